The number of carbonyl (C=O) groups excluding carboxylic acids is 1. The number of benzene rings is 2. The van der Waals surface area contributed by atoms with Gasteiger partial charge in [-0.1, -0.05) is 43.2 Å². The summed E-state index contributed by atoms with van der Waals surface area (Å²) in [4.78, 5) is 12.4. The maximum Gasteiger partial charge on any atom is 0.248 e. The molecule has 148 valence electrons. The fourth-order valence-electron chi connectivity index (χ4n) is 3.24. The van der Waals surface area contributed by atoms with Gasteiger partial charge in [-0.15, -0.1) is 0 Å². The van der Waals surface area contributed by atoms with Gasteiger partial charge in [0.1, 0.15) is 0 Å². The van der Waals surface area contributed by atoms with E-state index in [9.17, 15) is 13.2 Å². The zero-order valence-electron chi connectivity index (χ0n) is 16.1. The fraction of sp³-hybridized carbons (Fsp3) is 0.318. The first kappa shape index (κ1) is 20.3. The minimum atomic E-state index is -3.45. The van der Waals surface area contributed by atoms with Crippen LogP contribution >= 0.6 is 0 Å². The van der Waals surface area contributed by atoms with Crippen molar-refractivity contribution < 1.29 is 13.2 Å². The van der Waals surface area contributed by atoms with Crippen LogP contribution in [0.1, 0.15) is 36.8 Å². The molecule has 0 aliphatic carbocycles. The predicted octanol–water partition coefficient (Wildman–Crippen LogP) is 4.21. The number of hydrogen-bond donors (Lipinski definition) is 1. The Morgan fingerprint density at radius 2 is 1.61 bits per heavy atom. The summed E-state index contributed by atoms with van der Waals surface area (Å²) < 4.78 is 27.2. The first-order valence-corrected chi connectivity index (χ1v) is 11.1. The van der Waals surface area contributed by atoms with Crippen LogP contribution in [0.15, 0.2) is 59.5 Å². The van der Waals surface area contributed by atoms with Crippen LogP contribution in [0.2, 0.25) is 0 Å². The first-order valence-electron chi connectivity index (χ1n) is 9.62. The zero-order valence-corrected chi connectivity index (χ0v) is 16.9. The molecule has 1 saturated heterocycles. The van der Waals surface area contributed by atoms with Gasteiger partial charge in [0.25, 0.3) is 0 Å². The molecule has 1 fully saturated rings. The third kappa shape index (κ3) is 5.09. The van der Waals surface area contributed by atoms with Crippen molar-refractivity contribution in [1.29, 1.82) is 0 Å². The lowest BCUT2D eigenvalue weighted by atomic mass is 10.2. The average molecular weight is 399 g/mol. The van der Waals surface area contributed by atoms with Crippen LogP contribution < -0.4 is 5.32 Å². The van der Waals surface area contributed by atoms with Crippen molar-refractivity contribution in [3.05, 3.63) is 65.7 Å². The molecule has 6 heteroatoms. The Balaban J connectivity index is 1.66. The second-order valence-corrected chi connectivity index (χ2v) is 8.96. The van der Waals surface area contributed by atoms with Crippen molar-refractivity contribution in [2.75, 3.05) is 18.4 Å². The first-order chi connectivity index (χ1) is 13.5. The van der Waals surface area contributed by atoms with E-state index in [1.165, 1.54) is 6.08 Å². The van der Waals surface area contributed by atoms with Crippen molar-refractivity contribution in [3.8, 4) is 0 Å². The van der Waals surface area contributed by atoms with E-state index in [4.69, 9.17) is 0 Å². The summed E-state index contributed by atoms with van der Waals surface area (Å²) >= 11 is 0. The van der Waals surface area contributed by atoms with Gasteiger partial charge in [-0.3, -0.25) is 4.79 Å². The SMILES string of the molecule is Cc1ccccc1NC(=O)C=Cc1ccc(S(=O)(=O)N2CCCCCC2)cc1. The topological polar surface area (TPSA) is 66.5 Å². The van der Waals surface area contributed by atoms with Gasteiger partial charge in [-0.05, 0) is 55.2 Å². The average Bonchev–Trinajstić information content (AvgIpc) is 2.99. The predicted molar refractivity (Wildman–Crippen MR) is 113 cm³/mol. The number of nitrogens with zero attached hydrogens (tertiary/aromatic N) is 1. The maximum atomic E-state index is 12.8. The van der Waals surface area contributed by atoms with Gasteiger partial charge in [0.05, 0.1) is 4.90 Å². The summed E-state index contributed by atoms with van der Waals surface area (Å²) in [7, 11) is -3.45. The highest BCUT2D eigenvalue weighted by Crippen LogP contribution is 2.21. The summed E-state index contributed by atoms with van der Waals surface area (Å²) in [6.07, 6.45) is 7.12. The molecule has 0 bridgehead atoms. The molecular formula is C22H26N2O3S. The highest BCUT2D eigenvalue weighted by molar-refractivity contribution is 7.89. The van der Waals surface area contributed by atoms with Crippen LogP contribution in [0.4, 0.5) is 5.69 Å². The smallest absolute Gasteiger partial charge is 0.248 e. The number of rotatable bonds is 5. The molecule has 0 spiro atoms. The van der Waals surface area contributed by atoms with Gasteiger partial charge in [0.15, 0.2) is 0 Å². The highest BCUT2D eigenvalue weighted by Gasteiger charge is 2.24. The van der Waals surface area contributed by atoms with Gasteiger partial charge < -0.3 is 5.32 Å². The van der Waals surface area contributed by atoms with Gasteiger partial charge in [0, 0.05) is 24.9 Å². The van der Waals surface area contributed by atoms with E-state index in [1.807, 2.05) is 31.2 Å². The molecule has 1 heterocycles. The molecule has 28 heavy (non-hydrogen) atoms. The van der Waals surface area contributed by atoms with E-state index < -0.39 is 10.0 Å². The van der Waals surface area contributed by atoms with E-state index >= 15 is 0 Å². The number of nitrogens with one attached hydrogen (secondary N) is 1. The number of para-hydroxylation sites is 1. The van der Waals surface area contributed by atoms with E-state index in [-0.39, 0.29) is 5.91 Å². The molecule has 0 atom stereocenters. The molecule has 3 rings (SSSR count). The van der Waals surface area contributed by atoms with Crippen LogP contribution in [0.5, 0.6) is 0 Å². The lowest BCUT2D eigenvalue weighted by molar-refractivity contribution is -0.111. The Kier molecular flexibility index (Phi) is 6.65. The minimum absolute atomic E-state index is 0.226. The number of anilines is 1. The van der Waals surface area contributed by atoms with Crippen LogP contribution in [-0.4, -0.2) is 31.7 Å². The lowest BCUT2D eigenvalue weighted by Crippen LogP contribution is -2.31. The van der Waals surface area contributed by atoms with Crippen molar-refractivity contribution in [3.63, 3.8) is 0 Å². The van der Waals surface area contributed by atoms with E-state index in [1.54, 1.807) is 34.6 Å². The molecule has 2 aromatic rings. The van der Waals surface area contributed by atoms with Gasteiger partial charge in [0.2, 0.25) is 15.9 Å². The van der Waals surface area contributed by atoms with Crippen LogP contribution in [0.25, 0.3) is 6.08 Å². The fourth-order valence-corrected chi connectivity index (χ4v) is 4.76. The summed E-state index contributed by atoms with van der Waals surface area (Å²) in [5.74, 6) is -0.226. The van der Waals surface area contributed by atoms with Crippen molar-refractivity contribution >= 4 is 27.7 Å². The molecule has 0 radical (unpaired) electrons. The third-order valence-corrected chi connectivity index (χ3v) is 6.83. The number of sulfonamides is 1. The van der Waals surface area contributed by atoms with E-state index in [2.05, 4.69) is 5.32 Å². The highest BCUT2D eigenvalue weighted by atomic mass is 32.2. The van der Waals surface area contributed by atoms with Crippen LogP contribution in [0.3, 0.4) is 0 Å². The van der Waals surface area contributed by atoms with Gasteiger partial charge in [-0.2, -0.15) is 4.31 Å². The van der Waals surface area contributed by atoms with Crippen LogP contribution in [0, 0.1) is 6.92 Å². The molecule has 0 saturated carbocycles. The van der Waals surface area contributed by atoms with E-state index in [0.717, 1.165) is 42.5 Å². The lowest BCUT2D eigenvalue weighted by Gasteiger charge is -2.19. The van der Waals surface area contributed by atoms with Gasteiger partial charge in [-0.25, -0.2) is 8.42 Å². The quantitative estimate of drug-likeness (QED) is 0.767. The second kappa shape index (κ2) is 9.17. The summed E-state index contributed by atoms with van der Waals surface area (Å²) in [6.45, 7) is 3.11. The summed E-state index contributed by atoms with van der Waals surface area (Å²) in [6, 6.07) is 14.2. The Morgan fingerprint density at radius 1 is 0.964 bits per heavy atom. The molecule has 5 nitrogen and oxygen atoms in total. The zero-order chi connectivity index (χ0) is 20.0. The molecular weight excluding hydrogens is 372 g/mol. The molecule has 1 N–H and O–H groups in total. The molecule has 2 aromatic carbocycles. The van der Waals surface area contributed by atoms with Crippen molar-refractivity contribution in [2.45, 2.75) is 37.5 Å². The van der Waals surface area contributed by atoms with E-state index in [0.29, 0.717) is 18.0 Å². The van der Waals surface area contributed by atoms with Crippen molar-refractivity contribution in [1.82, 2.24) is 4.31 Å². The number of amides is 1. The molecule has 1 aliphatic rings. The molecule has 0 aromatic heterocycles. The monoisotopic (exact) mass is 398 g/mol. The molecule has 0 unspecified atom stereocenters. The standard InChI is InChI=1S/C22H26N2O3S/c1-18-8-4-5-9-21(18)23-22(25)15-12-19-10-13-20(14-11-19)28(26,27)24-16-6-2-3-7-17-24/h4-5,8-15H,2-3,6-7,16-17H2,1H3,(H,23,25). The van der Waals surface area contributed by atoms with Crippen molar-refractivity contribution in [2.24, 2.45) is 0 Å². The number of hydrogen-bond acceptors (Lipinski definition) is 3. The Labute approximate surface area is 167 Å². The minimum Gasteiger partial charge on any atom is -0.322 e. The normalized spacial score (nSPS) is 16.0. The molecule has 1 aliphatic heterocycles. The summed E-state index contributed by atoms with van der Waals surface area (Å²) in [5.41, 5.74) is 2.54. The third-order valence-electron chi connectivity index (χ3n) is 4.91. The Morgan fingerprint density at radius 3 is 2.25 bits per heavy atom. The maximum absolute atomic E-state index is 12.8. The summed E-state index contributed by atoms with van der Waals surface area (Å²) in [5, 5.41) is 2.84. The Bertz CT molecular complexity index is 942. The number of aryl methyl sites for hydroxylation is 1. The molecule has 1 amide bonds. The largest absolute Gasteiger partial charge is 0.322 e. The number of carbonyl (C=O) groups is 1. The second-order valence-electron chi connectivity index (χ2n) is 7.02. The van der Waals surface area contributed by atoms with Crippen LogP contribution in [-0.2, 0) is 14.8 Å². The van der Waals surface area contributed by atoms with Gasteiger partial charge >= 0.3 is 0 Å². The Hall–Kier alpha value is -2.44.